The van der Waals surface area contributed by atoms with E-state index in [1.807, 2.05) is 12.1 Å². The summed E-state index contributed by atoms with van der Waals surface area (Å²) in [6.07, 6.45) is 4.38. The van der Waals surface area contributed by atoms with Crippen LogP contribution in [0.1, 0.15) is 39.5 Å². The second kappa shape index (κ2) is 9.66. The van der Waals surface area contributed by atoms with Gasteiger partial charge in [0.2, 0.25) is 0 Å². The van der Waals surface area contributed by atoms with Crippen LogP contribution in [0.2, 0.25) is 0 Å². The molecule has 3 heteroatoms. The van der Waals surface area contributed by atoms with Crippen LogP contribution >= 0.6 is 0 Å². The molecule has 0 fully saturated rings. The largest absolute Gasteiger partial charge is 0.407 e. The van der Waals surface area contributed by atoms with Crippen LogP contribution in [-0.4, -0.2) is 21.8 Å². The van der Waals surface area contributed by atoms with E-state index in [4.69, 9.17) is 8.85 Å². The van der Waals surface area contributed by atoms with Gasteiger partial charge in [0.15, 0.2) is 0 Å². The van der Waals surface area contributed by atoms with Crippen molar-refractivity contribution >= 4 is 18.9 Å². The summed E-state index contributed by atoms with van der Waals surface area (Å²) in [5.41, 5.74) is 0. The highest BCUT2D eigenvalue weighted by atomic mass is 28.4. The zero-order valence-electron chi connectivity index (χ0n) is 14.3. The molecule has 0 aliphatic carbocycles. The zero-order valence-corrected chi connectivity index (χ0v) is 15.3. The summed E-state index contributed by atoms with van der Waals surface area (Å²) in [5.74, 6) is 0. The molecule has 23 heavy (non-hydrogen) atoms. The summed E-state index contributed by atoms with van der Waals surface area (Å²) < 4.78 is 13.0. The van der Waals surface area contributed by atoms with Gasteiger partial charge in [0.05, 0.1) is 0 Å². The number of unbranched alkanes of at least 4 members (excludes halogenated alkanes) is 2. The molecule has 0 bridgehead atoms. The molecule has 0 radical (unpaired) electrons. The van der Waals surface area contributed by atoms with Crippen LogP contribution in [0.4, 0.5) is 0 Å². The van der Waals surface area contributed by atoms with Gasteiger partial charge in [-0.3, -0.25) is 0 Å². The summed E-state index contributed by atoms with van der Waals surface area (Å²) in [6.45, 7) is 5.88. The fourth-order valence-electron chi connectivity index (χ4n) is 2.58. The minimum atomic E-state index is -2.62. The third-order valence-corrected chi connectivity index (χ3v) is 7.32. The molecule has 0 aliphatic heterocycles. The van der Waals surface area contributed by atoms with Gasteiger partial charge in [0.1, 0.15) is 0 Å². The lowest BCUT2D eigenvalue weighted by Gasteiger charge is -2.31. The molecular weight excluding hydrogens is 300 g/mol. The minimum absolute atomic E-state index is 0.749. The molecule has 2 aromatic carbocycles. The van der Waals surface area contributed by atoms with E-state index in [0.29, 0.717) is 0 Å². The number of rotatable bonds is 10. The Hall–Kier alpha value is -1.42. The Morgan fingerprint density at radius 2 is 1.04 bits per heavy atom. The third-order valence-electron chi connectivity index (χ3n) is 3.91. The molecule has 0 heterocycles. The summed E-state index contributed by atoms with van der Waals surface area (Å²) in [6, 6.07) is 21.0. The Kier molecular flexibility index (Phi) is 7.53. The van der Waals surface area contributed by atoms with Crippen LogP contribution in [0.5, 0.6) is 0 Å². The fraction of sp³-hybridized carbons (Fsp3) is 0.400. The second-order valence-corrected chi connectivity index (χ2v) is 8.72. The molecule has 2 aromatic rings. The van der Waals surface area contributed by atoms with E-state index in [0.717, 1.165) is 38.9 Å². The first kappa shape index (κ1) is 17.9. The van der Waals surface area contributed by atoms with Crippen LogP contribution in [0.3, 0.4) is 0 Å². The van der Waals surface area contributed by atoms with Gasteiger partial charge >= 0.3 is 8.56 Å². The molecule has 124 valence electrons. The van der Waals surface area contributed by atoms with E-state index in [2.05, 4.69) is 62.4 Å². The highest BCUT2D eigenvalue weighted by molar-refractivity contribution is 6.92. The number of hydrogen-bond donors (Lipinski definition) is 0. The van der Waals surface area contributed by atoms with E-state index in [1.54, 1.807) is 0 Å². The van der Waals surface area contributed by atoms with Gasteiger partial charge < -0.3 is 8.85 Å². The minimum Gasteiger partial charge on any atom is -0.388 e. The van der Waals surface area contributed by atoms with Crippen molar-refractivity contribution in [1.82, 2.24) is 0 Å². The first-order valence-corrected chi connectivity index (χ1v) is 10.5. The monoisotopic (exact) mass is 328 g/mol. The van der Waals surface area contributed by atoms with Crippen LogP contribution in [0, 0.1) is 0 Å². The van der Waals surface area contributed by atoms with Crippen molar-refractivity contribution in [3.63, 3.8) is 0 Å². The maximum atomic E-state index is 6.51. The summed E-state index contributed by atoms with van der Waals surface area (Å²) >= 11 is 0. The molecule has 0 saturated carbocycles. The van der Waals surface area contributed by atoms with Gasteiger partial charge in [0.25, 0.3) is 0 Å². The van der Waals surface area contributed by atoms with E-state index < -0.39 is 8.56 Å². The molecule has 0 aromatic heterocycles. The quantitative estimate of drug-likeness (QED) is 0.487. The van der Waals surface area contributed by atoms with Gasteiger partial charge in [-0.2, -0.15) is 0 Å². The smallest absolute Gasteiger partial charge is 0.388 e. The molecule has 0 saturated heterocycles. The Morgan fingerprint density at radius 3 is 1.39 bits per heavy atom. The molecule has 0 N–H and O–H groups in total. The van der Waals surface area contributed by atoms with Crippen molar-refractivity contribution in [1.29, 1.82) is 0 Å². The van der Waals surface area contributed by atoms with Crippen LogP contribution < -0.4 is 10.4 Å². The average molecular weight is 329 g/mol. The maximum Gasteiger partial charge on any atom is 0.407 e. The van der Waals surface area contributed by atoms with Crippen molar-refractivity contribution in [2.45, 2.75) is 39.5 Å². The van der Waals surface area contributed by atoms with Crippen LogP contribution in [0.15, 0.2) is 60.7 Å². The average Bonchev–Trinajstić information content (AvgIpc) is 2.62. The molecule has 0 spiro atoms. The molecule has 2 nitrogen and oxygen atoms in total. The van der Waals surface area contributed by atoms with Gasteiger partial charge in [-0.1, -0.05) is 87.4 Å². The standard InChI is InChI=1S/C20H28O2Si/c1-3-5-17-21-23(22-18-6-4-2,19-13-9-7-10-14-19)20-15-11-8-12-16-20/h7-16H,3-6,17-18H2,1-2H3. The SMILES string of the molecule is CCCCO[Si](OCCCC)(c1ccccc1)c1ccccc1. The van der Waals surface area contributed by atoms with Crippen LogP contribution in [-0.2, 0) is 8.85 Å². The molecule has 0 aliphatic rings. The maximum absolute atomic E-state index is 6.51. The van der Waals surface area contributed by atoms with E-state index >= 15 is 0 Å². The second-order valence-electron chi connectivity index (χ2n) is 5.75. The van der Waals surface area contributed by atoms with E-state index in [9.17, 15) is 0 Å². The predicted molar refractivity (Wildman–Crippen MR) is 99.6 cm³/mol. The number of hydrogen-bond acceptors (Lipinski definition) is 2. The number of benzene rings is 2. The Bertz CT molecular complexity index is 491. The Labute approximate surface area is 141 Å². The van der Waals surface area contributed by atoms with Gasteiger partial charge in [-0.05, 0) is 23.2 Å². The van der Waals surface area contributed by atoms with Crippen molar-refractivity contribution in [2.75, 3.05) is 13.2 Å². The first-order chi connectivity index (χ1) is 11.3. The lowest BCUT2D eigenvalue weighted by Crippen LogP contribution is -2.63. The summed E-state index contributed by atoms with van der Waals surface area (Å²) in [7, 11) is -2.62. The molecular formula is C20H28O2Si. The lowest BCUT2D eigenvalue weighted by molar-refractivity contribution is 0.186. The summed E-state index contributed by atoms with van der Waals surface area (Å²) in [5, 5.41) is 2.39. The molecule has 2 rings (SSSR count). The van der Waals surface area contributed by atoms with Crippen molar-refractivity contribution < 1.29 is 8.85 Å². The van der Waals surface area contributed by atoms with E-state index in [1.165, 1.54) is 10.4 Å². The normalized spacial score (nSPS) is 11.6. The molecule has 0 amide bonds. The third kappa shape index (κ3) is 4.77. The van der Waals surface area contributed by atoms with Gasteiger partial charge in [-0.15, -0.1) is 0 Å². The molecule has 0 atom stereocenters. The Morgan fingerprint density at radius 1 is 0.652 bits per heavy atom. The molecule has 0 unspecified atom stereocenters. The van der Waals surface area contributed by atoms with Gasteiger partial charge in [-0.25, -0.2) is 0 Å². The van der Waals surface area contributed by atoms with Crippen molar-refractivity contribution in [3.05, 3.63) is 60.7 Å². The highest BCUT2D eigenvalue weighted by Gasteiger charge is 2.42. The van der Waals surface area contributed by atoms with Crippen molar-refractivity contribution in [2.24, 2.45) is 0 Å². The fourth-order valence-corrected chi connectivity index (χ4v) is 5.79. The zero-order chi connectivity index (χ0) is 16.4. The lowest BCUT2D eigenvalue weighted by atomic mass is 10.4. The first-order valence-electron chi connectivity index (χ1n) is 8.72. The predicted octanol–water partition coefficient (Wildman–Crippen LogP) is 3.88. The summed E-state index contributed by atoms with van der Waals surface area (Å²) in [4.78, 5) is 0. The van der Waals surface area contributed by atoms with Gasteiger partial charge in [0, 0.05) is 13.2 Å². The van der Waals surface area contributed by atoms with Crippen LogP contribution in [0.25, 0.3) is 0 Å². The van der Waals surface area contributed by atoms with E-state index in [-0.39, 0.29) is 0 Å². The highest BCUT2D eigenvalue weighted by Crippen LogP contribution is 2.12. The Balaban J connectivity index is 2.39. The topological polar surface area (TPSA) is 18.5 Å². The van der Waals surface area contributed by atoms with Crippen molar-refractivity contribution in [3.8, 4) is 0 Å².